The summed E-state index contributed by atoms with van der Waals surface area (Å²) in [5.74, 6) is 1.44. The van der Waals surface area contributed by atoms with Crippen LogP contribution in [0, 0.1) is 0 Å². The number of aliphatic hydroxyl groups is 1. The molecule has 112 valence electrons. The predicted octanol–water partition coefficient (Wildman–Crippen LogP) is 3.86. The van der Waals surface area contributed by atoms with Crippen LogP contribution < -0.4 is 4.90 Å². The molecular weight excluding hydrogens is 248 g/mol. The minimum absolute atomic E-state index is 0.0947. The van der Waals surface area contributed by atoms with Crippen molar-refractivity contribution in [3.63, 3.8) is 0 Å². The summed E-state index contributed by atoms with van der Waals surface area (Å²) in [5.41, 5.74) is 2.06. The van der Waals surface area contributed by atoms with Crippen molar-refractivity contribution in [2.24, 2.45) is 0 Å². The number of anilines is 1. The van der Waals surface area contributed by atoms with Crippen molar-refractivity contribution < 1.29 is 5.11 Å². The lowest BCUT2D eigenvalue weighted by Gasteiger charge is -2.35. The summed E-state index contributed by atoms with van der Waals surface area (Å²) in [6.07, 6.45) is 6.58. The fourth-order valence-electron chi connectivity index (χ4n) is 3.13. The van der Waals surface area contributed by atoms with Gasteiger partial charge in [-0.3, -0.25) is 0 Å². The van der Waals surface area contributed by atoms with E-state index in [1.165, 1.54) is 32.1 Å². The largest absolute Gasteiger partial charge is 0.392 e. The summed E-state index contributed by atoms with van der Waals surface area (Å²) in [6, 6.07) is 4.71. The summed E-state index contributed by atoms with van der Waals surface area (Å²) < 4.78 is 0. The molecule has 1 N–H and O–H groups in total. The van der Waals surface area contributed by atoms with E-state index < -0.39 is 0 Å². The van der Waals surface area contributed by atoms with E-state index in [4.69, 9.17) is 4.98 Å². The average Bonchev–Trinajstić information content (AvgIpc) is 2.48. The maximum absolute atomic E-state index is 9.49. The van der Waals surface area contributed by atoms with Gasteiger partial charge in [0.1, 0.15) is 5.82 Å². The van der Waals surface area contributed by atoms with Crippen LogP contribution in [0.15, 0.2) is 12.1 Å². The van der Waals surface area contributed by atoms with Gasteiger partial charge in [-0.15, -0.1) is 0 Å². The van der Waals surface area contributed by atoms with Gasteiger partial charge in [0, 0.05) is 18.3 Å². The number of rotatable bonds is 5. The standard InChI is InChI=1S/C17H28N2O/c1-4-19(15-8-6-5-7-9-15)17-11-14(12-20)10-16(18-17)13(2)3/h10-11,13,15,20H,4-9,12H2,1-3H3. The lowest BCUT2D eigenvalue weighted by Crippen LogP contribution is -2.37. The number of pyridine rings is 1. The average molecular weight is 276 g/mol. The van der Waals surface area contributed by atoms with Crippen molar-refractivity contribution in [1.29, 1.82) is 0 Å². The zero-order valence-electron chi connectivity index (χ0n) is 13.1. The zero-order valence-corrected chi connectivity index (χ0v) is 13.1. The Morgan fingerprint density at radius 2 is 1.95 bits per heavy atom. The molecule has 3 heteroatoms. The van der Waals surface area contributed by atoms with Crippen molar-refractivity contribution in [2.45, 2.75) is 71.4 Å². The second kappa shape index (κ2) is 7.07. The lowest BCUT2D eigenvalue weighted by molar-refractivity contribution is 0.281. The van der Waals surface area contributed by atoms with Crippen LogP contribution in [0.4, 0.5) is 5.82 Å². The summed E-state index contributed by atoms with van der Waals surface area (Å²) in [7, 11) is 0. The van der Waals surface area contributed by atoms with Crippen molar-refractivity contribution in [3.8, 4) is 0 Å². The molecule has 0 saturated heterocycles. The summed E-state index contributed by atoms with van der Waals surface area (Å²) >= 11 is 0. The first kappa shape index (κ1) is 15.3. The van der Waals surface area contributed by atoms with Crippen LogP contribution in [0.2, 0.25) is 0 Å². The molecule has 0 unspecified atom stereocenters. The maximum Gasteiger partial charge on any atom is 0.129 e. The quantitative estimate of drug-likeness (QED) is 0.887. The molecule has 0 atom stereocenters. The minimum Gasteiger partial charge on any atom is -0.392 e. The van der Waals surface area contributed by atoms with Gasteiger partial charge in [-0.1, -0.05) is 33.1 Å². The van der Waals surface area contributed by atoms with E-state index in [1.807, 2.05) is 6.07 Å². The third kappa shape index (κ3) is 3.51. The van der Waals surface area contributed by atoms with E-state index in [1.54, 1.807) is 0 Å². The third-order valence-corrected chi connectivity index (χ3v) is 4.32. The first-order chi connectivity index (χ1) is 9.65. The van der Waals surface area contributed by atoms with Crippen molar-refractivity contribution in [1.82, 2.24) is 4.98 Å². The van der Waals surface area contributed by atoms with Gasteiger partial charge in [0.25, 0.3) is 0 Å². The van der Waals surface area contributed by atoms with Gasteiger partial charge < -0.3 is 10.0 Å². The van der Waals surface area contributed by atoms with Gasteiger partial charge in [-0.05, 0) is 43.4 Å². The summed E-state index contributed by atoms with van der Waals surface area (Å²) in [6.45, 7) is 7.60. The Hall–Kier alpha value is -1.09. The summed E-state index contributed by atoms with van der Waals surface area (Å²) in [5, 5.41) is 9.49. The second-order valence-corrected chi connectivity index (χ2v) is 6.15. The van der Waals surface area contributed by atoms with Crippen molar-refractivity contribution in [2.75, 3.05) is 11.4 Å². The van der Waals surface area contributed by atoms with Crippen LogP contribution in [0.1, 0.15) is 70.1 Å². The van der Waals surface area contributed by atoms with E-state index >= 15 is 0 Å². The highest BCUT2D eigenvalue weighted by atomic mass is 16.3. The minimum atomic E-state index is 0.0947. The highest BCUT2D eigenvalue weighted by molar-refractivity contribution is 5.44. The highest BCUT2D eigenvalue weighted by Gasteiger charge is 2.22. The van der Waals surface area contributed by atoms with Gasteiger partial charge in [0.2, 0.25) is 0 Å². The predicted molar refractivity (Wildman–Crippen MR) is 84.1 cm³/mol. The van der Waals surface area contributed by atoms with Crippen molar-refractivity contribution >= 4 is 5.82 Å². The Balaban J connectivity index is 2.29. The molecule has 1 heterocycles. The molecule has 0 bridgehead atoms. The Kier molecular flexibility index (Phi) is 5.41. The zero-order chi connectivity index (χ0) is 14.5. The molecule has 1 aliphatic rings. The molecule has 0 spiro atoms. The SMILES string of the molecule is CCN(c1cc(CO)cc(C(C)C)n1)C1CCCCC1. The van der Waals surface area contributed by atoms with Gasteiger partial charge in [-0.25, -0.2) is 4.98 Å². The number of hydrogen-bond donors (Lipinski definition) is 1. The van der Waals surface area contributed by atoms with Crippen LogP contribution in [0.5, 0.6) is 0 Å². The molecule has 1 fully saturated rings. The first-order valence-corrected chi connectivity index (χ1v) is 8.04. The number of nitrogens with zero attached hydrogens (tertiary/aromatic N) is 2. The molecule has 1 aromatic heterocycles. The number of aromatic nitrogens is 1. The molecule has 3 nitrogen and oxygen atoms in total. The monoisotopic (exact) mass is 276 g/mol. The topological polar surface area (TPSA) is 36.4 Å². The van der Waals surface area contributed by atoms with Crippen LogP contribution >= 0.6 is 0 Å². The molecule has 0 aliphatic heterocycles. The van der Waals surface area contributed by atoms with E-state index in [9.17, 15) is 5.11 Å². The van der Waals surface area contributed by atoms with Crippen LogP contribution in [-0.4, -0.2) is 22.7 Å². The Bertz CT molecular complexity index is 425. The van der Waals surface area contributed by atoms with Gasteiger partial charge >= 0.3 is 0 Å². The Morgan fingerprint density at radius 3 is 2.50 bits per heavy atom. The molecule has 20 heavy (non-hydrogen) atoms. The number of aliphatic hydroxyl groups excluding tert-OH is 1. The Labute approximate surface area is 123 Å². The Morgan fingerprint density at radius 1 is 1.25 bits per heavy atom. The normalized spacial score (nSPS) is 16.6. The van der Waals surface area contributed by atoms with Crippen molar-refractivity contribution in [3.05, 3.63) is 23.4 Å². The fourth-order valence-corrected chi connectivity index (χ4v) is 3.13. The molecule has 1 aliphatic carbocycles. The van der Waals surface area contributed by atoms with E-state index in [2.05, 4.69) is 31.7 Å². The third-order valence-electron chi connectivity index (χ3n) is 4.32. The molecule has 0 amide bonds. The molecule has 1 aromatic rings. The molecule has 1 saturated carbocycles. The van der Waals surface area contributed by atoms with Gasteiger partial charge in [0.05, 0.1) is 6.61 Å². The maximum atomic E-state index is 9.49. The van der Waals surface area contributed by atoms with Crippen LogP contribution in [0.3, 0.4) is 0 Å². The van der Waals surface area contributed by atoms with E-state index in [-0.39, 0.29) is 6.61 Å². The smallest absolute Gasteiger partial charge is 0.129 e. The molecule has 2 rings (SSSR count). The van der Waals surface area contributed by atoms with Gasteiger partial charge in [-0.2, -0.15) is 0 Å². The second-order valence-electron chi connectivity index (χ2n) is 6.15. The van der Waals surface area contributed by atoms with E-state index in [0.29, 0.717) is 12.0 Å². The fraction of sp³-hybridized carbons (Fsp3) is 0.706. The highest BCUT2D eigenvalue weighted by Crippen LogP contribution is 2.28. The van der Waals surface area contributed by atoms with Gasteiger partial charge in [0.15, 0.2) is 0 Å². The lowest BCUT2D eigenvalue weighted by atomic mass is 9.94. The first-order valence-electron chi connectivity index (χ1n) is 8.04. The molecule has 0 aromatic carbocycles. The number of hydrogen-bond acceptors (Lipinski definition) is 3. The molecule has 0 radical (unpaired) electrons. The molecular formula is C17H28N2O. The van der Waals surface area contributed by atoms with Crippen LogP contribution in [0.25, 0.3) is 0 Å². The summed E-state index contributed by atoms with van der Waals surface area (Å²) in [4.78, 5) is 7.28. The van der Waals surface area contributed by atoms with Crippen LogP contribution in [-0.2, 0) is 6.61 Å². The van der Waals surface area contributed by atoms with E-state index in [0.717, 1.165) is 23.6 Å².